The number of nitrogens with zero attached hydrogens (tertiary/aromatic N) is 3. The van der Waals surface area contributed by atoms with Crippen molar-refractivity contribution < 1.29 is 9.85 Å². The second-order valence-electron chi connectivity index (χ2n) is 7.11. The molecule has 8 nitrogen and oxygen atoms in total. The monoisotopic (exact) mass is 426 g/mol. The summed E-state index contributed by atoms with van der Waals surface area (Å²) in [5.74, 6) is 0. The fourth-order valence-electron chi connectivity index (χ4n) is 3.37. The van der Waals surface area contributed by atoms with Crippen molar-refractivity contribution in [3.63, 3.8) is 0 Å². The van der Waals surface area contributed by atoms with E-state index in [1.165, 1.54) is 12.1 Å². The second kappa shape index (κ2) is 9.05. The zero-order valence-electron chi connectivity index (χ0n) is 16.8. The Balaban J connectivity index is 1.74. The molecule has 4 aromatic rings. The van der Waals surface area contributed by atoms with E-state index in [0.29, 0.717) is 12.1 Å². The second-order valence-corrected chi connectivity index (χ2v) is 7.11. The van der Waals surface area contributed by atoms with Gasteiger partial charge < -0.3 is 0 Å². The molecule has 0 atom stereocenters. The van der Waals surface area contributed by atoms with E-state index in [0.717, 1.165) is 28.0 Å². The molecule has 0 aliphatic carbocycles. The van der Waals surface area contributed by atoms with Gasteiger partial charge in [0.1, 0.15) is 5.69 Å². The SMILES string of the molecule is O=[N+]([O-])c1ccc(N/N=C(\Cc2ccccc2)c2ccc3ccccc3c2)c([N+](=O)[O-])c1. The molecule has 0 radical (unpaired) electrons. The molecule has 1 N–H and O–H groups in total. The van der Waals surface area contributed by atoms with Crippen LogP contribution >= 0.6 is 0 Å². The first-order chi connectivity index (χ1) is 15.5. The lowest BCUT2D eigenvalue weighted by atomic mass is 9.99. The third-order valence-corrected chi connectivity index (χ3v) is 5.00. The van der Waals surface area contributed by atoms with E-state index >= 15 is 0 Å². The summed E-state index contributed by atoms with van der Waals surface area (Å²) in [7, 11) is 0. The summed E-state index contributed by atoms with van der Waals surface area (Å²) < 4.78 is 0. The fraction of sp³-hybridized carbons (Fsp3) is 0.0417. The lowest BCUT2D eigenvalue weighted by Crippen LogP contribution is -2.09. The number of benzene rings is 4. The van der Waals surface area contributed by atoms with Crippen LogP contribution in [-0.2, 0) is 6.42 Å². The van der Waals surface area contributed by atoms with E-state index in [1.54, 1.807) is 0 Å². The van der Waals surface area contributed by atoms with Gasteiger partial charge in [0.15, 0.2) is 0 Å². The van der Waals surface area contributed by atoms with E-state index in [9.17, 15) is 20.2 Å². The first kappa shape index (κ1) is 20.7. The summed E-state index contributed by atoms with van der Waals surface area (Å²) in [6.45, 7) is 0. The number of non-ortho nitro benzene ring substituents is 1. The summed E-state index contributed by atoms with van der Waals surface area (Å²) in [6.07, 6.45) is 0.493. The maximum absolute atomic E-state index is 11.4. The Morgan fingerprint density at radius 2 is 1.50 bits per heavy atom. The van der Waals surface area contributed by atoms with Crippen molar-refractivity contribution >= 4 is 33.5 Å². The van der Waals surface area contributed by atoms with Gasteiger partial charge in [0.25, 0.3) is 5.69 Å². The minimum absolute atomic E-state index is 0.0759. The van der Waals surface area contributed by atoms with E-state index in [1.807, 2.05) is 72.8 Å². The highest BCUT2D eigenvalue weighted by Crippen LogP contribution is 2.29. The number of hydrogen-bond acceptors (Lipinski definition) is 6. The molecular weight excluding hydrogens is 408 g/mol. The van der Waals surface area contributed by atoms with Gasteiger partial charge in [0.05, 0.1) is 21.6 Å². The topological polar surface area (TPSA) is 111 Å². The van der Waals surface area contributed by atoms with Crippen LogP contribution in [0, 0.1) is 20.2 Å². The van der Waals surface area contributed by atoms with E-state index in [4.69, 9.17) is 0 Å². The molecule has 0 fully saturated rings. The molecule has 4 rings (SSSR count). The van der Waals surface area contributed by atoms with Crippen molar-refractivity contribution in [2.45, 2.75) is 6.42 Å². The Hall–Kier alpha value is -4.59. The third-order valence-electron chi connectivity index (χ3n) is 5.00. The predicted octanol–water partition coefficient (Wildman–Crippen LogP) is 5.72. The Morgan fingerprint density at radius 1 is 0.781 bits per heavy atom. The van der Waals surface area contributed by atoms with Gasteiger partial charge in [-0.3, -0.25) is 25.7 Å². The van der Waals surface area contributed by atoms with Gasteiger partial charge in [-0.2, -0.15) is 5.10 Å². The average molecular weight is 426 g/mol. The maximum Gasteiger partial charge on any atom is 0.301 e. The molecule has 0 bridgehead atoms. The molecular formula is C24H18N4O4. The highest BCUT2D eigenvalue weighted by Gasteiger charge is 2.19. The maximum atomic E-state index is 11.4. The van der Waals surface area contributed by atoms with Gasteiger partial charge in [-0.1, -0.05) is 66.7 Å². The Kier molecular flexibility index (Phi) is 5.85. The van der Waals surface area contributed by atoms with Crippen molar-refractivity contribution in [3.05, 3.63) is 122 Å². The molecule has 4 aromatic carbocycles. The highest BCUT2D eigenvalue weighted by molar-refractivity contribution is 6.05. The molecule has 0 aromatic heterocycles. The van der Waals surface area contributed by atoms with Crippen LogP contribution in [0.5, 0.6) is 0 Å². The molecule has 0 aliphatic rings. The lowest BCUT2D eigenvalue weighted by Gasteiger charge is -2.10. The van der Waals surface area contributed by atoms with Gasteiger partial charge in [-0.05, 0) is 34.0 Å². The lowest BCUT2D eigenvalue weighted by molar-refractivity contribution is -0.393. The van der Waals surface area contributed by atoms with Gasteiger partial charge in [0.2, 0.25) is 0 Å². The fourth-order valence-corrected chi connectivity index (χ4v) is 3.37. The number of hydrogen-bond donors (Lipinski definition) is 1. The average Bonchev–Trinajstić information content (AvgIpc) is 2.81. The van der Waals surface area contributed by atoms with Crippen molar-refractivity contribution in [1.82, 2.24) is 0 Å². The summed E-state index contributed by atoms with van der Waals surface area (Å²) in [5.41, 5.74) is 4.62. The minimum Gasteiger partial charge on any atom is -0.271 e. The Morgan fingerprint density at radius 3 is 2.22 bits per heavy atom. The molecule has 0 aliphatic heterocycles. The number of fused-ring (bicyclic) bond motifs is 1. The molecule has 0 spiro atoms. The molecule has 0 unspecified atom stereocenters. The van der Waals surface area contributed by atoms with Gasteiger partial charge >= 0.3 is 5.69 Å². The highest BCUT2D eigenvalue weighted by atomic mass is 16.6. The van der Waals surface area contributed by atoms with E-state index in [2.05, 4.69) is 10.5 Å². The van der Waals surface area contributed by atoms with Crippen LogP contribution in [0.15, 0.2) is 96.1 Å². The molecule has 0 saturated heterocycles. The first-order valence-corrected chi connectivity index (χ1v) is 9.80. The van der Waals surface area contributed by atoms with Crippen LogP contribution in [0.25, 0.3) is 10.8 Å². The van der Waals surface area contributed by atoms with Crippen molar-refractivity contribution in [3.8, 4) is 0 Å². The largest absolute Gasteiger partial charge is 0.301 e. The summed E-state index contributed by atoms with van der Waals surface area (Å²) in [4.78, 5) is 21.1. The normalized spacial score (nSPS) is 11.3. The van der Waals surface area contributed by atoms with E-state index in [-0.39, 0.29) is 11.4 Å². The first-order valence-electron chi connectivity index (χ1n) is 9.80. The van der Waals surface area contributed by atoms with Crippen LogP contribution in [0.3, 0.4) is 0 Å². The zero-order chi connectivity index (χ0) is 22.5. The van der Waals surface area contributed by atoms with Crippen LogP contribution in [0.1, 0.15) is 11.1 Å². The summed E-state index contributed by atoms with van der Waals surface area (Å²) in [5, 5.41) is 29.0. The van der Waals surface area contributed by atoms with Crippen molar-refractivity contribution in [1.29, 1.82) is 0 Å². The molecule has 32 heavy (non-hydrogen) atoms. The minimum atomic E-state index is -0.671. The third kappa shape index (κ3) is 4.59. The Bertz CT molecular complexity index is 1340. The van der Waals surface area contributed by atoms with Crippen LogP contribution in [-0.4, -0.2) is 15.6 Å². The number of hydrazone groups is 1. The van der Waals surface area contributed by atoms with Crippen molar-refractivity contribution in [2.24, 2.45) is 5.10 Å². The van der Waals surface area contributed by atoms with Crippen LogP contribution in [0.4, 0.5) is 17.1 Å². The number of nitro benzene ring substituents is 2. The quantitative estimate of drug-likeness (QED) is 0.231. The van der Waals surface area contributed by atoms with Gasteiger partial charge in [-0.25, -0.2) is 0 Å². The summed E-state index contributed by atoms with van der Waals surface area (Å²) >= 11 is 0. The van der Waals surface area contributed by atoms with Gasteiger partial charge in [0, 0.05) is 12.5 Å². The molecule has 8 heteroatoms. The smallest absolute Gasteiger partial charge is 0.271 e. The molecule has 158 valence electrons. The Labute approximate surface area is 183 Å². The number of rotatable bonds is 7. The number of nitro groups is 2. The predicted molar refractivity (Wildman–Crippen MR) is 124 cm³/mol. The molecule has 0 amide bonds. The van der Waals surface area contributed by atoms with Crippen LogP contribution in [0.2, 0.25) is 0 Å². The molecule has 0 heterocycles. The van der Waals surface area contributed by atoms with Crippen LogP contribution < -0.4 is 5.43 Å². The standard InChI is InChI=1S/C24H18N4O4/c29-27(30)21-12-13-22(24(16-21)28(31)32)25-26-23(14-17-6-2-1-3-7-17)20-11-10-18-8-4-5-9-19(18)15-20/h1-13,15-16,25H,14H2/b26-23+. The number of nitrogens with one attached hydrogen (secondary N) is 1. The van der Waals surface area contributed by atoms with Gasteiger partial charge in [-0.15, -0.1) is 0 Å². The summed E-state index contributed by atoms with van der Waals surface area (Å²) in [6, 6.07) is 27.1. The molecule has 0 saturated carbocycles. The van der Waals surface area contributed by atoms with Crippen molar-refractivity contribution in [2.75, 3.05) is 5.43 Å². The zero-order valence-corrected chi connectivity index (χ0v) is 16.8. The number of anilines is 1. The van der Waals surface area contributed by atoms with E-state index < -0.39 is 15.5 Å².